The van der Waals surface area contributed by atoms with Gasteiger partial charge >= 0.3 is 5.97 Å². The van der Waals surface area contributed by atoms with E-state index in [1.807, 2.05) is 7.05 Å². The summed E-state index contributed by atoms with van der Waals surface area (Å²) in [5, 5.41) is 8.64. The Hall–Kier alpha value is -1.65. The fraction of sp³-hybridized carbons (Fsp3) is 0.615. The van der Waals surface area contributed by atoms with E-state index in [-0.39, 0.29) is 6.42 Å². The summed E-state index contributed by atoms with van der Waals surface area (Å²) < 4.78 is 0. The van der Waals surface area contributed by atoms with Crippen LogP contribution in [0.5, 0.6) is 0 Å². The van der Waals surface area contributed by atoms with Crippen molar-refractivity contribution in [1.29, 1.82) is 0 Å². The van der Waals surface area contributed by atoms with Gasteiger partial charge in [0.2, 0.25) is 0 Å². The van der Waals surface area contributed by atoms with Crippen LogP contribution < -0.4 is 4.90 Å². The Morgan fingerprint density at radius 2 is 2.17 bits per heavy atom. The number of rotatable bonds is 5. The van der Waals surface area contributed by atoms with Gasteiger partial charge in [-0.1, -0.05) is 0 Å². The molecule has 0 radical (unpaired) electrons. The third-order valence-corrected chi connectivity index (χ3v) is 3.35. The molecule has 1 aliphatic carbocycles. The first kappa shape index (κ1) is 12.8. The van der Waals surface area contributed by atoms with Crippen molar-refractivity contribution in [3.05, 3.63) is 17.6 Å². The van der Waals surface area contributed by atoms with Crippen molar-refractivity contribution in [3.63, 3.8) is 0 Å². The monoisotopic (exact) mass is 249 g/mol. The van der Waals surface area contributed by atoms with Gasteiger partial charge in [-0.3, -0.25) is 4.79 Å². The maximum atomic E-state index is 10.5. The van der Waals surface area contributed by atoms with E-state index in [2.05, 4.69) is 14.9 Å². The molecule has 1 heterocycles. The average Bonchev–Trinajstić information content (AvgIpc) is 2.37. The van der Waals surface area contributed by atoms with Crippen LogP contribution in [0.25, 0.3) is 0 Å². The number of hydrogen-bond acceptors (Lipinski definition) is 4. The van der Waals surface area contributed by atoms with E-state index < -0.39 is 5.97 Å². The van der Waals surface area contributed by atoms with Crippen molar-refractivity contribution < 1.29 is 9.90 Å². The molecule has 0 unspecified atom stereocenters. The molecule has 5 nitrogen and oxygen atoms in total. The van der Waals surface area contributed by atoms with Gasteiger partial charge in [-0.15, -0.1) is 0 Å². The van der Waals surface area contributed by atoms with Gasteiger partial charge in [-0.25, -0.2) is 9.97 Å². The average molecular weight is 249 g/mol. The number of aromatic nitrogens is 2. The quantitative estimate of drug-likeness (QED) is 0.859. The molecule has 98 valence electrons. The first-order valence-electron chi connectivity index (χ1n) is 6.44. The van der Waals surface area contributed by atoms with E-state index in [0.717, 1.165) is 30.9 Å². The highest BCUT2D eigenvalue weighted by molar-refractivity contribution is 5.66. The van der Waals surface area contributed by atoms with Crippen molar-refractivity contribution >= 4 is 11.8 Å². The number of carbonyl (C=O) groups is 1. The van der Waals surface area contributed by atoms with Crippen molar-refractivity contribution in [2.45, 2.75) is 38.5 Å². The molecule has 0 atom stereocenters. The lowest BCUT2D eigenvalue weighted by atomic mass is 9.96. The van der Waals surface area contributed by atoms with Crippen LogP contribution in [-0.2, 0) is 17.6 Å². The maximum Gasteiger partial charge on any atom is 0.303 e. The molecule has 2 rings (SSSR count). The van der Waals surface area contributed by atoms with E-state index in [0.29, 0.717) is 6.42 Å². The SMILES string of the molecule is CN(CCCC(=O)O)c1ncnc2c1CCCC2. The topological polar surface area (TPSA) is 66.3 Å². The summed E-state index contributed by atoms with van der Waals surface area (Å²) in [5.41, 5.74) is 2.41. The predicted molar refractivity (Wildman–Crippen MR) is 68.8 cm³/mol. The maximum absolute atomic E-state index is 10.5. The Balaban J connectivity index is 2.05. The molecular formula is C13H19N3O2. The van der Waals surface area contributed by atoms with E-state index >= 15 is 0 Å². The first-order valence-corrected chi connectivity index (χ1v) is 6.44. The molecule has 0 aromatic carbocycles. The normalized spacial score (nSPS) is 14.1. The summed E-state index contributed by atoms with van der Waals surface area (Å²) in [6, 6.07) is 0. The van der Waals surface area contributed by atoms with Crippen molar-refractivity contribution in [2.75, 3.05) is 18.5 Å². The Labute approximate surface area is 107 Å². The summed E-state index contributed by atoms with van der Waals surface area (Å²) in [4.78, 5) is 21.3. The number of nitrogens with zero attached hydrogens (tertiary/aromatic N) is 3. The lowest BCUT2D eigenvalue weighted by Gasteiger charge is -2.24. The van der Waals surface area contributed by atoms with Crippen molar-refractivity contribution in [2.24, 2.45) is 0 Å². The molecule has 5 heteroatoms. The third-order valence-electron chi connectivity index (χ3n) is 3.35. The predicted octanol–water partition coefficient (Wildman–Crippen LogP) is 1.66. The molecular weight excluding hydrogens is 230 g/mol. The largest absolute Gasteiger partial charge is 0.481 e. The number of fused-ring (bicyclic) bond motifs is 1. The van der Waals surface area contributed by atoms with E-state index in [9.17, 15) is 4.79 Å². The number of aliphatic carboxylic acids is 1. The fourth-order valence-corrected chi connectivity index (χ4v) is 2.41. The number of carboxylic acid groups (broad SMARTS) is 1. The van der Waals surface area contributed by atoms with Gasteiger partial charge in [0.15, 0.2) is 0 Å². The van der Waals surface area contributed by atoms with Crippen LogP contribution in [-0.4, -0.2) is 34.6 Å². The molecule has 1 aromatic rings. The van der Waals surface area contributed by atoms with Gasteiger partial charge in [-0.2, -0.15) is 0 Å². The van der Waals surface area contributed by atoms with Crippen LogP contribution in [0.2, 0.25) is 0 Å². The highest BCUT2D eigenvalue weighted by Crippen LogP contribution is 2.26. The second-order valence-electron chi connectivity index (χ2n) is 4.75. The fourth-order valence-electron chi connectivity index (χ4n) is 2.41. The second kappa shape index (κ2) is 5.80. The van der Waals surface area contributed by atoms with Crippen LogP contribution in [0.4, 0.5) is 5.82 Å². The van der Waals surface area contributed by atoms with Crippen LogP contribution in [0.15, 0.2) is 6.33 Å². The molecule has 1 aromatic heterocycles. The van der Waals surface area contributed by atoms with E-state index in [1.54, 1.807) is 6.33 Å². The number of anilines is 1. The van der Waals surface area contributed by atoms with Gasteiger partial charge in [0, 0.05) is 31.3 Å². The molecule has 0 saturated carbocycles. The second-order valence-corrected chi connectivity index (χ2v) is 4.75. The molecule has 0 amide bonds. The minimum atomic E-state index is -0.742. The third kappa shape index (κ3) is 2.97. The zero-order valence-corrected chi connectivity index (χ0v) is 10.7. The molecule has 18 heavy (non-hydrogen) atoms. The zero-order chi connectivity index (χ0) is 13.0. The van der Waals surface area contributed by atoms with Gasteiger partial charge < -0.3 is 10.0 Å². The highest BCUT2D eigenvalue weighted by Gasteiger charge is 2.17. The van der Waals surface area contributed by atoms with Crippen molar-refractivity contribution in [3.8, 4) is 0 Å². The summed E-state index contributed by atoms with van der Waals surface area (Å²) in [6.45, 7) is 0.718. The summed E-state index contributed by atoms with van der Waals surface area (Å²) in [5.74, 6) is 0.234. The molecule has 0 spiro atoms. The Morgan fingerprint density at radius 1 is 1.39 bits per heavy atom. The minimum Gasteiger partial charge on any atom is -0.481 e. The highest BCUT2D eigenvalue weighted by atomic mass is 16.4. The number of carboxylic acids is 1. The molecule has 1 aliphatic rings. The molecule has 1 N–H and O–H groups in total. The lowest BCUT2D eigenvalue weighted by molar-refractivity contribution is -0.137. The van der Waals surface area contributed by atoms with Crippen LogP contribution in [0.3, 0.4) is 0 Å². The number of hydrogen-bond donors (Lipinski definition) is 1. The minimum absolute atomic E-state index is 0.206. The Morgan fingerprint density at radius 3 is 2.94 bits per heavy atom. The standard InChI is InChI=1S/C13H19N3O2/c1-16(8-4-7-12(17)18)13-10-5-2-3-6-11(10)14-9-15-13/h9H,2-8H2,1H3,(H,17,18). The Bertz CT molecular complexity index is 434. The van der Waals surface area contributed by atoms with Crippen LogP contribution in [0.1, 0.15) is 36.9 Å². The Kier molecular flexibility index (Phi) is 4.12. The van der Waals surface area contributed by atoms with Crippen LogP contribution >= 0.6 is 0 Å². The molecule has 0 bridgehead atoms. The van der Waals surface area contributed by atoms with E-state index in [1.165, 1.54) is 18.4 Å². The summed E-state index contributed by atoms with van der Waals surface area (Å²) >= 11 is 0. The van der Waals surface area contributed by atoms with Gasteiger partial charge in [0.25, 0.3) is 0 Å². The molecule has 0 fully saturated rings. The van der Waals surface area contributed by atoms with E-state index in [4.69, 9.17) is 5.11 Å². The van der Waals surface area contributed by atoms with Crippen LogP contribution in [0, 0.1) is 0 Å². The zero-order valence-electron chi connectivity index (χ0n) is 10.7. The first-order chi connectivity index (χ1) is 8.68. The summed E-state index contributed by atoms with van der Waals surface area (Å²) in [6.07, 6.45) is 6.93. The van der Waals surface area contributed by atoms with Gasteiger partial charge in [0.05, 0.1) is 0 Å². The summed E-state index contributed by atoms with van der Waals surface area (Å²) in [7, 11) is 1.97. The van der Waals surface area contributed by atoms with Crippen molar-refractivity contribution in [1.82, 2.24) is 9.97 Å². The van der Waals surface area contributed by atoms with Gasteiger partial charge in [0.1, 0.15) is 12.1 Å². The smallest absolute Gasteiger partial charge is 0.303 e. The molecule has 0 aliphatic heterocycles. The molecule has 0 saturated heterocycles. The number of aryl methyl sites for hydroxylation is 1. The lowest BCUT2D eigenvalue weighted by Crippen LogP contribution is -2.23. The van der Waals surface area contributed by atoms with Gasteiger partial charge in [-0.05, 0) is 32.1 Å².